The van der Waals surface area contributed by atoms with Gasteiger partial charge in [0.2, 0.25) is 15.0 Å². The zero-order chi connectivity index (χ0) is 20.7. The van der Waals surface area contributed by atoms with Crippen molar-refractivity contribution in [1.29, 1.82) is 0 Å². The third kappa shape index (κ3) is 5.65. The molecule has 1 aliphatic carbocycles. The lowest BCUT2D eigenvalue weighted by atomic mass is 10.2. The van der Waals surface area contributed by atoms with E-state index < -0.39 is 9.84 Å². The molecule has 1 aliphatic rings. The van der Waals surface area contributed by atoms with Crippen LogP contribution in [0.25, 0.3) is 0 Å². The van der Waals surface area contributed by atoms with Crippen LogP contribution in [-0.4, -0.2) is 53.9 Å². The second kappa shape index (κ2) is 10.3. The molecule has 1 saturated carbocycles. The van der Waals surface area contributed by atoms with Crippen LogP contribution in [0.2, 0.25) is 0 Å². The summed E-state index contributed by atoms with van der Waals surface area (Å²) >= 11 is 0. The Morgan fingerprint density at radius 1 is 1.17 bits per heavy atom. The normalized spacial score (nSPS) is 16.2. The van der Waals surface area contributed by atoms with Gasteiger partial charge in [0.25, 0.3) is 0 Å². The minimum Gasteiger partial charge on any atom is -0.383 e. The number of rotatable bonds is 9. The first-order valence-corrected chi connectivity index (χ1v) is 11.9. The highest BCUT2D eigenvalue weighted by Gasteiger charge is 2.32. The van der Waals surface area contributed by atoms with Crippen LogP contribution in [-0.2, 0) is 34.2 Å². The molecule has 0 amide bonds. The van der Waals surface area contributed by atoms with Crippen molar-refractivity contribution in [2.75, 3.05) is 20.8 Å². The number of methoxy groups -OCH3 is 1. The topological polar surface area (TPSA) is 77.3 Å². The SMILES string of the molecule is COCCn1c(CN(C)Cc2cccnc2)cnc1S(=O)(=O)C1CCCCCC1. The molecule has 160 valence electrons. The Balaban J connectivity index is 1.82. The van der Waals surface area contributed by atoms with E-state index in [9.17, 15) is 8.42 Å². The van der Waals surface area contributed by atoms with Gasteiger partial charge in [-0.25, -0.2) is 13.4 Å². The number of aromatic nitrogens is 3. The molecule has 29 heavy (non-hydrogen) atoms. The first-order valence-electron chi connectivity index (χ1n) is 10.4. The Bertz CT molecular complexity index is 859. The van der Waals surface area contributed by atoms with Gasteiger partial charge in [-0.1, -0.05) is 31.7 Å². The highest BCUT2D eigenvalue weighted by Crippen LogP contribution is 2.28. The Kier molecular flexibility index (Phi) is 7.80. The largest absolute Gasteiger partial charge is 0.383 e. The van der Waals surface area contributed by atoms with Crippen molar-refractivity contribution in [2.24, 2.45) is 0 Å². The van der Waals surface area contributed by atoms with Crippen LogP contribution in [0.1, 0.15) is 49.8 Å². The van der Waals surface area contributed by atoms with E-state index in [0.29, 0.717) is 19.7 Å². The van der Waals surface area contributed by atoms with Crippen molar-refractivity contribution in [3.05, 3.63) is 42.0 Å². The maximum atomic E-state index is 13.4. The highest BCUT2D eigenvalue weighted by atomic mass is 32.2. The molecule has 7 nitrogen and oxygen atoms in total. The Labute approximate surface area is 174 Å². The van der Waals surface area contributed by atoms with Crippen molar-refractivity contribution in [3.8, 4) is 0 Å². The third-order valence-electron chi connectivity index (χ3n) is 5.52. The molecule has 0 N–H and O–H groups in total. The van der Waals surface area contributed by atoms with Crippen molar-refractivity contribution in [3.63, 3.8) is 0 Å². The molecule has 0 atom stereocenters. The van der Waals surface area contributed by atoms with Crippen LogP contribution in [0.5, 0.6) is 0 Å². The summed E-state index contributed by atoms with van der Waals surface area (Å²) in [4.78, 5) is 10.7. The van der Waals surface area contributed by atoms with Gasteiger partial charge >= 0.3 is 0 Å². The second-order valence-electron chi connectivity index (χ2n) is 7.87. The minimum absolute atomic E-state index is 0.200. The first-order chi connectivity index (χ1) is 14.0. The second-order valence-corrected chi connectivity index (χ2v) is 9.99. The number of pyridine rings is 1. The van der Waals surface area contributed by atoms with E-state index in [2.05, 4.69) is 14.9 Å². The van der Waals surface area contributed by atoms with Gasteiger partial charge in [-0.05, 0) is 31.5 Å². The first kappa shape index (κ1) is 21.9. The number of hydrogen-bond donors (Lipinski definition) is 0. The van der Waals surface area contributed by atoms with E-state index in [1.54, 1.807) is 19.5 Å². The molecular formula is C21H32N4O3S. The van der Waals surface area contributed by atoms with Crippen LogP contribution < -0.4 is 0 Å². The summed E-state index contributed by atoms with van der Waals surface area (Å²) in [5.74, 6) is 0. The molecule has 2 aromatic heterocycles. The fourth-order valence-electron chi connectivity index (χ4n) is 4.00. The zero-order valence-corrected chi connectivity index (χ0v) is 18.3. The number of hydrogen-bond acceptors (Lipinski definition) is 6. The van der Waals surface area contributed by atoms with Crippen LogP contribution >= 0.6 is 0 Å². The van der Waals surface area contributed by atoms with Gasteiger partial charge in [-0.15, -0.1) is 0 Å². The molecule has 8 heteroatoms. The number of ether oxygens (including phenoxy) is 1. The molecular weight excluding hydrogens is 388 g/mol. The summed E-state index contributed by atoms with van der Waals surface area (Å²) in [5.41, 5.74) is 2.00. The smallest absolute Gasteiger partial charge is 0.228 e. The number of nitrogens with zero attached hydrogens (tertiary/aromatic N) is 4. The van der Waals surface area contributed by atoms with Crippen molar-refractivity contribution in [1.82, 2.24) is 19.4 Å². The minimum atomic E-state index is -3.45. The van der Waals surface area contributed by atoms with Gasteiger partial charge in [0, 0.05) is 39.1 Å². The van der Waals surface area contributed by atoms with E-state index in [1.165, 1.54) is 0 Å². The molecule has 0 spiro atoms. The summed E-state index contributed by atoms with van der Waals surface area (Å²) in [6.45, 7) is 2.26. The monoisotopic (exact) mass is 420 g/mol. The predicted octanol–water partition coefficient (Wildman–Crippen LogP) is 3.05. The Morgan fingerprint density at radius 3 is 2.59 bits per heavy atom. The van der Waals surface area contributed by atoms with Crippen LogP contribution in [0.4, 0.5) is 0 Å². The lowest BCUT2D eigenvalue weighted by Gasteiger charge is -2.20. The van der Waals surface area contributed by atoms with Gasteiger partial charge in [0.05, 0.1) is 23.7 Å². The van der Waals surface area contributed by atoms with Crippen LogP contribution in [0.3, 0.4) is 0 Å². The van der Waals surface area contributed by atoms with E-state index in [0.717, 1.165) is 56.3 Å². The fraction of sp³-hybridized carbons (Fsp3) is 0.619. The summed E-state index contributed by atoms with van der Waals surface area (Å²) in [6.07, 6.45) is 11.0. The standard InChI is InChI=1S/C21H32N4O3S/c1-24(16-18-8-7-11-22-14-18)17-19-15-23-21(25(19)12-13-28-2)29(26,27)20-9-5-3-4-6-10-20/h7-8,11,14-15,20H,3-6,9-10,12-13,16-17H2,1-2H3. The Hall–Kier alpha value is -1.77. The number of sulfone groups is 1. The summed E-state index contributed by atoms with van der Waals surface area (Å²) in [5, 5.41) is -0.124. The van der Waals surface area contributed by atoms with Gasteiger partial charge in [-0.3, -0.25) is 9.88 Å². The average molecular weight is 421 g/mol. The van der Waals surface area contributed by atoms with E-state index in [-0.39, 0.29) is 10.4 Å². The van der Waals surface area contributed by atoms with Crippen molar-refractivity contribution < 1.29 is 13.2 Å². The fourth-order valence-corrected chi connectivity index (χ4v) is 5.97. The van der Waals surface area contributed by atoms with Gasteiger partial charge in [0.15, 0.2) is 0 Å². The van der Waals surface area contributed by atoms with Gasteiger partial charge in [0.1, 0.15) is 0 Å². The lowest BCUT2D eigenvalue weighted by Crippen LogP contribution is -2.26. The molecule has 2 aromatic rings. The molecule has 0 unspecified atom stereocenters. The Morgan fingerprint density at radius 2 is 1.93 bits per heavy atom. The molecule has 0 radical (unpaired) electrons. The summed E-state index contributed by atoms with van der Waals surface area (Å²) in [6, 6.07) is 3.96. The van der Waals surface area contributed by atoms with Gasteiger partial charge < -0.3 is 9.30 Å². The van der Waals surface area contributed by atoms with Gasteiger partial charge in [-0.2, -0.15) is 0 Å². The van der Waals surface area contributed by atoms with E-state index in [4.69, 9.17) is 4.74 Å². The maximum absolute atomic E-state index is 13.4. The van der Waals surface area contributed by atoms with E-state index in [1.807, 2.05) is 29.9 Å². The molecule has 3 rings (SSSR count). The summed E-state index contributed by atoms with van der Waals surface area (Å²) < 4.78 is 33.8. The molecule has 0 aromatic carbocycles. The number of imidazole rings is 1. The highest BCUT2D eigenvalue weighted by molar-refractivity contribution is 7.91. The van der Waals surface area contributed by atoms with Crippen molar-refractivity contribution >= 4 is 9.84 Å². The molecule has 0 aliphatic heterocycles. The third-order valence-corrected chi connectivity index (χ3v) is 7.71. The van der Waals surface area contributed by atoms with Crippen LogP contribution in [0, 0.1) is 0 Å². The van der Waals surface area contributed by atoms with E-state index >= 15 is 0 Å². The lowest BCUT2D eigenvalue weighted by molar-refractivity contribution is 0.182. The van der Waals surface area contributed by atoms with Crippen molar-refractivity contribution in [2.45, 2.75) is 68.6 Å². The molecule has 2 heterocycles. The summed E-state index contributed by atoms with van der Waals surface area (Å²) in [7, 11) is 0.191. The van der Waals surface area contributed by atoms with Crippen LogP contribution in [0.15, 0.2) is 35.9 Å². The molecule has 0 saturated heterocycles. The zero-order valence-electron chi connectivity index (χ0n) is 17.5. The quantitative estimate of drug-likeness (QED) is 0.580. The average Bonchev–Trinajstić information content (AvgIpc) is 2.91. The maximum Gasteiger partial charge on any atom is 0.228 e. The molecule has 0 bridgehead atoms. The predicted molar refractivity (Wildman–Crippen MR) is 112 cm³/mol. The molecule has 1 fully saturated rings.